The number of benzene rings is 1. The first kappa shape index (κ1) is 16.9. The number of nitrogens with one attached hydrogen (secondary N) is 2. The Morgan fingerprint density at radius 1 is 1.38 bits per heavy atom. The molecule has 6 nitrogen and oxygen atoms in total. The maximum absolute atomic E-state index is 13.6. The molecule has 0 aliphatic carbocycles. The highest BCUT2D eigenvalue weighted by atomic mass is 19.1. The van der Waals surface area contributed by atoms with Crippen molar-refractivity contribution in [2.24, 2.45) is 11.8 Å². The lowest BCUT2D eigenvalue weighted by atomic mass is 9.98. The minimum Gasteiger partial charge on any atom is -0.386 e. The summed E-state index contributed by atoms with van der Waals surface area (Å²) in [5, 5.41) is 16.2. The van der Waals surface area contributed by atoms with Crippen LogP contribution >= 0.6 is 0 Å². The Balaban J connectivity index is 3.04. The second-order valence-electron chi connectivity index (χ2n) is 5.29. The SMILES string of the molecule is CNc1cc(C(=O)NCC(C)C(C)C)c([N+](=O)[O-])cc1F. The number of hydrogen-bond acceptors (Lipinski definition) is 4. The molecule has 0 saturated carbocycles. The quantitative estimate of drug-likeness (QED) is 0.624. The van der Waals surface area contributed by atoms with E-state index in [1.54, 1.807) is 0 Å². The van der Waals surface area contributed by atoms with Gasteiger partial charge in [0.25, 0.3) is 11.6 Å². The fourth-order valence-electron chi connectivity index (χ4n) is 1.67. The van der Waals surface area contributed by atoms with Gasteiger partial charge < -0.3 is 10.6 Å². The molecule has 21 heavy (non-hydrogen) atoms. The van der Waals surface area contributed by atoms with Crippen molar-refractivity contribution in [2.45, 2.75) is 20.8 Å². The van der Waals surface area contributed by atoms with Crippen molar-refractivity contribution in [2.75, 3.05) is 18.9 Å². The van der Waals surface area contributed by atoms with Crippen molar-refractivity contribution in [1.82, 2.24) is 5.32 Å². The van der Waals surface area contributed by atoms with Gasteiger partial charge in [-0.2, -0.15) is 0 Å². The second kappa shape index (κ2) is 7.01. The summed E-state index contributed by atoms with van der Waals surface area (Å²) in [6, 6.07) is 1.91. The Hall–Kier alpha value is -2.18. The third kappa shape index (κ3) is 4.14. The maximum atomic E-state index is 13.6. The molecule has 0 spiro atoms. The number of anilines is 1. The molecule has 0 aliphatic rings. The Morgan fingerprint density at radius 2 is 2.00 bits per heavy atom. The zero-order chi connectivity index (χ0) is 16.2. The molecule has 0 heterocycles. The minimum atomic E-state index is -0.767. The van der Waals surface area contributed by atoms with Crippen LogP contribution in [0.25, 0.3) is 0 Å². The largest absolute Gasteiger partial charge is 0.386 e. The van der Waals surface area contributed by atoms with Gasteiger partial charge in [-0.05, 0) is 17.9 Å². The van der Waals surface area contributed by atoms with Crippen LogP contribution in [0.4, 0.5) is 15.8 Å². The van der Waals surface area contributed by atoms with Gasteiger partial charge in [-0.3, -0.25) is 14.9 Å². The summed E-state index contributed by atoms with van der Waals surface area (Å²) in [6.45, 7) is 6.43. The second-order valence-corrected chi connectivity index (χ2v) is 5.29. The fourth-order valence-corrected chi connectivity index (χ4v) is 1.67. The number of hydrogen-bond donors (Lipinski definition) is 2. The monoisotopic (exact) mass is 297 g/mol. The van der Waals surface area contributed by atoms with E-state index in [1.807, 2.05) is 20.8 Å². The van der Waals surface area contributed by atoms with Crippen molar-refractivity contribution in [1.29, 1.82) is 0 Å². The predicted octanol–water partition coefficient (Wildman–Crippen LogP) is 2.80. The average Bonchev–Trinajstić information content (AvgIpc) is 2.43. The normalized spacial score (nSPS) is 12.1. The Labute approximate surface area is 122 Å². The van der Waals surface area contributed by atoms with Gasteiger partial charge >= 0.3 is 0 Å². The third-order valence-electron chi connectivity index (χ3n) is 3.52. The summed E-state index contributed by atoms with van der Waals surface area (Å²) < 4.78 is 13.6. The fraction of sp³-hybridized carbons (Fsp3) is 0.500. The van der Waals surface area contributed by atoms with Gasteiger partial charge in [0.1, 0.15) is 5.56 Å². The maximum Gasteiger partial charge on any atom is 0.285 e. The van der Waals surface area contributed by atoms with Crippen LogP contribution in [-0.4, -0.2) is 24.4 Å². The van der Waals surface area contributed by atoms with Crippen molar-refractivity contribution < 1.29 is 14.1 Å². The minimum absolute atomic E-state index is 0.0441. The van der Waals surface area contributed by atoms with Crippen LogP contribution in [0.5, 0.6) is 0 Å². The van der Waals surface area contributed by atoms with Crippen molar-refractivity contribution in [3.8, 4) is 0 Å². The molecule has 0 fully saturated rings. The molecule has 0 radical (unpaired) electrons. The molecule has 1 aromatic rings. The van der Waals surface area contributed by atoms with Crippen LogP contribution in [0.2, 0.25) is 0 Å². The van der Waals surface area contributed by atoms with Crippen molar-refractivity contribution >= 4 is 17.3 Å². The van der Waals surface area contributed by atoms with E-state index >= 15 is 0 Å². The summed E-state index contributed by atoms with van der Waals surface area (Å²) in [4.78, 5) is 22.3. The molecular formula is C14H20FN3O3. The predicted molar refractivity (Wildman–Crippen MR) is 78.9 cm³/mol. The standard InChI is InChI=1S/C14H20FN3O3/c1-8(2)9(3)7-17-14(19)10-5-12(16-4)11(15)6-13(10)18(20)21/h5-6,8-9,16H,7H2,1-4H3,(H,17,19). The first-order chi connectivity index (χ1) is 9.77. The van der Waals surface area contributed by atoms with E-state index in [2.05, 4.69) is 10.6 Å². The van der Waals surface area contributed by atoms with Crippen molar-refractivity contribution in [3.63, 3.8) is 0 Å². The Morgan fingerprint density at radius 3 is 2.48 bits per heavy atom. The number of amides is 1. The number of rotatable bonds is 6. The molecular weight excluding hydrogens is 277 g/mol. The lowest BCUT2D eigenvalue weighted by Crippen LogP contribution is -2.30. The highest BCUT2D eigenvalue weighted by Gasteiger charge is 2.23. The molecule has 0 aliphatic heterocycles. The van der Waals surface area contributed by atoms with Crippen LogP contribution in [0.1, 0.15) is 31.1 Å². The first-order valence-corrected chi connectivity index (χ1v) is 6.71. The average molecular weight is 297 g/mol. The van der Waals surface area contributed by atoms with Crippen LogP contribution < -0.4 is 10.6 Å². The number of halogens is 1. The van der Waals surface area contributed by atoms with E-state index in [9.17, 15) is 19.3 Å². The van der Waals surface area contributed by atoms with Crippen LogP contribution in [0.15, 0.2) is 12.1 Å². The van der Waals surface area contributed by atoms with Gasteiger partial charge in [-0.25, -0.2) is 4.39 Å². The van der Waals surface area contributed by atoms with Crippen molar-refractivity contribution in [3.05, 3.63) is 33.6 Å². The van der Waals surface area contributed by atoms with E-state index < -0.39 is 22.3 Å². The number of nitro groups is 1. The van der Waals surface area contributed by atoms with E-state index in [1.165, 1.54) is 7.05 Å². The van der Waals surface area contributed by atoms with E-state index in [-0.39, 0.29) is 17.2 Å². The molecule has 7 heteroatoms. The number of nitro benzene ring substituents is 1. The van der Waals surface area contributed by atoms with E-state index in [0.29, 0.717) is 12.5 Å². The summed E-state index contributed by atoms with van der Waals surface area (Å²) >= 11 is 0. The van der Waals surface area contributed by atoms with Crippen LogP contribution in [0, 0.1) is 27.8 Å². The lowest BCUT2D eigenvalue weighted by molar-refractivity contribution is -0.385. The van der Waals surface area contributed by atoms with Crippen LogP contribution in [0.3, 0.4) is 0 Å². The summed E-state index contributed by atoms with van der Waals surface area (Å²) in [5.74, 6) is -0.736. The van der Waals surface area contributed by atoms with Gasteiger partial charge in [-0.1, -0.05) is 20.8 Å². The first-order valence-electron chi connectivity index (χ1n) is 6.71. The molecule has 1 rings (SSSR count). The molecule has 0 aromatic heterocycles. The molecule has 1 unspecified atom stereocenters. The van der Waals surface area contributed by atoms with Gasteiger partial charge in [0, 0.05) is 13.6 Å². The Kier molecular flexibility index (Phi) is 5.63. The molecule has 116 valence electrons. The molecule has 2 N–H and O–H groups in total. The summed E-state index contributed by atoms with van der Waals surface area (Å²) in [6.07, 6.45) is 0. The lowest BCUT2D eigenvalue weighted by Gasteiger charge is -2.16. The number of nitrogens with zero attached hydrogens (tertiary/aromatic N) is 1. The zero-order valence-electron chi connectivity index (χ0n) is 12.6. The molecule has 1 amide bonds. The topological polar surface area (TPSA) is 84.3 Å². The van der Waals surface area contributed by atoms with Gasteiger partial charge in [0.05, 0.1) is 16.7 Å². The highest BCUT2D eigenvalue weighted by Crippen LogP contribution is 2.26. The van der Waals surface area contributed by atoms with E-state index in [0.717, 1.165) is 12.1 Å². The number of carbonyl (C=O) groups is 1. The highest BCUT2D eigenvalue weighted by molar-refractivity contribution is 5.99. The van der Waals surface area contributed by atoms with E-state index in [4.69, 9.17) is 0 Å². The molecule has 0 saturated heterocycles. The Bertz CT molecular complexity index is 547. The summed E-state index contributed by atoms with van der Waals surface area (Å²) in [5.41, 5.74) is -0.648. The molecule has 0 bridgehead atoms. The number of carbonyl (C=O) groups excluding carboxylic acids is 1. The van der Waals surface area contributed by atoms with Gasteiger partial charge in [0.2, 0.25) is 0 Å². The molecule has 1 atom stereocenters. The van der Waals surface area contributed by atoms with Gasteiger partial charge in [-0.15, -0.1) is 0 Å². The van der Waals surface area contributed by atoms with Crippen LogP contribution in [-0.2, 0) is 0 Å². The third-order valence-corrected chi connectivity index (χ3v) is 3.52. The zero-order valence-corrected chi connectivity index (χ0v) is 12.6. The smallest absolute Gasteiger partial charge is 0.285 e. The van der Waals surface area contributed by atoms with Gasteiger partial charge in [0.15, 0.2) is 5.82 Å². The molecule has 1 aromatic carbocycles. The summed E-state index contributed by atoms with van der Waals surface area (Å²) in [7, 11) is 1.48.